The number of nitrogens with zero attached hydrogens (tertiary/aromatic N) is 1. The number of likely N-dealkylation sites (N-methyl/N-ethyl adjacent to an activating group) is 1. The van der Waals surface area contributed by atoms with Gasteiger partial charge in [-0.1, -0.05) is 37.6 Å². The highest BCUT2D eigenvalue weighted by molar-refractivity contribution is 5.98. The fourth-order valence-corrected chi connectivity index (χ4v) is 1.72. The van der Waals surface area contributed by atoms with E-state index >= 15 is 0 Å². The smallest absolute Gasteiger partial charge is 0.177 e. The van der Waals surface area contributed by atoms with Crippen molar-refractivity contribution in [3.8, 4) is 0 Å². The number of ketones is 1. The normalized spacial score (nSPS) is 10.8. The molecule has 2 nitrogen and oxygen atoms in total. The SMILES string of the molecule is CCCCN(C)CC(=O)c1ccccc1C. The Labute approximate surface area is 98.3 Å². The van der Waals surface area contributed by atoms with Crippen molar-refractivity contribution in [3.63, 3.8) is 0 Å². The molecule has 0 N–H and O–H groups in total. The van der Waals surface area contributed by atoms with Gasteiger partial charge in [0, 0.05) is 5.56 Å². The minimum atomic E-state index is 0.219. The Morgan fingerprint density at radius 2 is 2.00 bits per heavy atom. The van der Waals surface area contributed by atoms with Gasteiger partial charge in [0.25, 0.3) is 0 Å². The van der Waals surface area contributed by atoms with Gasteiger partial charge in [0.05, 0.1) is 6.54 Å². The Morgan fingerprint density at radius 1 is 1.31 bits per heavy atom. The van der Waals surface area contributed by atoms with Crippen molar-refractivity contribution in [1.82, 2.24) is 4.90 Å². The van der Waals surface area contributed by atoms with Gasteiger partial charge in [-0.3, -0.25) is 9.69 Å². The van der Waals surface area contributed by atoms with Crippen LogP contribution in [0.15, 0.2) is 24.3 Å². The summed E-state index contributed by atoms with van der Waals surface area (Å²) in [6, 6.07) is 7.78. The maximum Gasteiger partial charge on any atom is 0.177 e. The van der Waals surface area contributed by atoms with Gasteiger partial charge in [-0.25, -0.2) is 0 Å². The number of hydrogen-bond acceptors (Lipinski definition) is 2. The van der Waals surface area contributed by atoms with Gasteiger partial charge >= 0.3 is 0 Å². The van der Waals surface area contributed by atoms with E-state index in [-0.39, 0.29) is 5.78 Å². The number of unbranched alkanes of at least 4 members (excludes halogenated alkanes) is 1. The first kappa shape index (κ1) is 12.9. The first-order valence-corrected chi connectivity index (χ1v) is 5.92. The average molecular weight is 219 g/mol. The van der Waals surface area contributed by atoms with E-state index in [0.717, 1.165) is 24.1 Å². The third-order valence-electron chi connectivity index (χ3n) is 2.75. The summed E-state index contributed by atoms with van der Waals surface area (Å²) in [7, 11) is 2.01. The van der Waals surface area contributed by atoms with Crippen molar-refractivity contribution >= 4 is 5.78 Å². The Hall–Kier alpha value is -1.15. The molecule has 0 amide bonds. The highest BCUT2D eigenvalue weighted by Gasteiger charge is 2.10. The van der Waals surface area contributed by atoms with Crippen LogP contribution in [0.4, 0.5) is 0 Å². The van der Waals surface area contributed by atoms with Crippen LogP contribution in [0.1, 0.15) is 35.7 Å². The first-order chi connectivity index (χ1) is 7.65. The second-order valence-electron chi connectivity index (χ2n) is 4.33. The molecule has 0 fully saturated rings. The van der Waals surface area contributed by atoms with Crippen LogP contribution < -0.4 is 0 Å². The van der Waals surface area contributed by atoms with Crippen LogP contribution in [0.2, 0.25) is 0 Å². The van der Waals surface area contributed by atoms with Crippen LogP contribution in [0.5, 0.6) is 0 Å². The van der Waals surface area contributed by atoms with Crippen LogP contribution >= 0.6 is 0 Å². The van der Waals surface area contributed by atoms with E-state index in [9.17, 15) is 4.79 Å². The minimum absolute atomic E-state index is 0.219. The Kier molecular flexibility index (Phi) is 5.20. The molecule has 0 aromatic heterocycles. The molecular formula is C14H21NO. The fourth-order valence-electron chi connectivity index (χ4n) is 1.72. The molecule has 0 spiro atoms. The number of carbonyl (C=O) groups excluding carboxylic acids is 1. The summed E-state index contributed by atoms with van der Waals surface area (Å²) in [6.07, 6.45) is 2.32. The van der Waals surface area contributed by atoms with E-state index in [1.807, 2.05) is 38.2 Å². The fraction of sp³-hybridized carbons (Fsp3) is 0.500. The molecule has 0 heterocycles. The molecule has 1 aromatic rings. The average Bonchev–Trinajstić information content (AvgIpc) is 2.26. The standard InChI is InChI=1S/C14H21NO/c1-4-5-10-15(3)11-14(16)13-9-7-6-8-12(13)2/h6-9H,4-5,10-11H2,1-3H3. The second-order valence-corrected chi connectivity index (χ2v) is 4.33. The predicted octanol–water partition coefficient (Wildman–Crippen LogP) is 2.91. The number of Topliss-reactive ketones (excluding diaryl/α,β-unsaturated/α-hetero) is 1. The van der Waals surface area contributed by atoms with E-state index < -0.39 is 0 Å². The summed E-state index contributed by atoms with van der Waals surface area (Å²) >= 11 is 0. The maximum absolute atomic E-state index is 12.0. The molecule has 1 aromatic carbocycles. The van der Waals surface area contributed by atoms with E-state index in [0.29, 0.717) is 6.54 Å². The van der Waals surface area contributed by atoms with Crippen molar-refractivity contribution < 1.29 is 4.79 Å². The quantitative estimate of drug-likeness (QED) is 0.686. The van der Waals surface area contributed by atoms with Gasteiger partial charge in [0.15, 0.2) is 5.78 Å². The zero-order chi connectivity index (χ0) is 12.0. The lowest BCUT2D eigenvalue weighted by molar-refractivity contribution is 0.0945. The maximum atomic E-state index is 12.0. The second kappa shape index (κ2) is 6.44. The Morgan fingerprint density at radius 3 is 2.62 bits per heavy atom. The highest BCUT2D eigenvalue weighted by Crippen LogP contribution is 2.08. The first-order valence-electron chi connectivity index (χ1n) is 5.92. The monoisotopic (exact) mass is 219 g/mol. The van der Waals surface area contributed by atoms with E-state index in [2.05, 4.69) is 11.8 Å². The van der Waals surface area contributed by atoms with Crippen LogP contribution in [0.25, 0.3) is 0 Å². The zero-order valence-corrected chi connectivity index (χ0v) is 10.5. The predicted molar refractivity (Wildman–Crippen MR) is 67.9 cm³/mol. The molecule has 16 heavy (non-hydrogen) atoms. The zero-order valence-electron chi connectivity index (χ0n) is 10.5. The molecular weight excluding hydrogens is 198 g/mol. The lowest BCUT2D eigenvalue weighted by Crippen LogP contribution is -2.27. The summed E-state index contributed by atoms with van der Waals surface area (Å²) in [5.74, 6) is 0.219. The van der Waals surface area contributed by atoms with Crippen molar-refractivity contribution in [1.29, 1.82) is 0 Å². The molecule has 0 atom stereocenters. The summed E-state index contributed by atoms with van der Waals surface area (Å²) in [4.78, 5) is 14.1. The molecule has 2 heteroatoms. The lowest BCUT2D eigenvalue weighted by atomic mass is 10.0. The molecule has 0 saturated carbocycles. The molecule has 88 valence electrons. The third-order valence-corrected chi connectivity index (χ3v) is 2.75. The molecule has 0 bridgehead atoms. The van der Waals surface area contributed by atoms with E-state index in [1.165, 1.54) is 6.42 Å². The molecule has 0 radical (unpaired) electrons. The molecule has 0 saturated heterocycles. The minimum Gasteiger partial charge on any atom is -0.299 e. The van der Waals surface area contributed by atoms with Crippen LogP contribution in [-0.4, -0.2) is 30.8 Å². The van der Waals surface area contributed by atoms with E-state index in [4.69, 9.17) is 0 Å². The summed E-state index contributed by atoms with van der Waals surface area (Å²) < 4.78 is 0. The lowest BCUT2D eigenvalue weighted by Gasteiger charge is -2.15. The molecule has 0 aliphatic rings. The highest BCUT2D eigenvalue weighted by atomic mass is 16.1. The third kappa shape index (κ3) is 3.78. The van der Waals surface area contributed by atoms with Gasteiger partial charge in [-0.15, -0.1) is 0 Å². The Balaban J connectivity index is 2.56. The van der Waals surface area contributed by atoms with Gasteiger partial charge in [-0.05, 0) is 32.5 Å². The van der Waals surface area contributed by atoms with Gasteiger partial charge in [0.2, 0.25) is 0 Å². The van der Waals surface area contributed by atoms with Crippen LogP contribution in [0, 0.1) is 6.92 Å². The van der Waals surface area contributed by atoms with Crippen LogP contribution in [-0.2, 0) is 0 Å². The number of benzene rings is 1. The molecule has 0 aliphatic heterocycles. The van der Waals surface area contributed by atoms with Crippen molar-refractivity contribution in [2.75, 3.05) is 20.1 Å². The van der Waals surface area contributed by atoms with Gasteiger partial charge in [0.1, 0.15) is 0 Å². The summed E-state index contributed by atoms with van der Waals surface area (Å²) in [6.45, 7) is 5.66. The molecule has 1 rings (SSSR count). The number of aryl methyl sites for hydroxylation is 1. The largest absolute Gasteiger partial charge is 0.299 e. The summed E-state index contributed by atoms with van der Waals surface area (Å²) in [5, 5.41) is 0. The van der Waals surface area contributed by atoms with Gasteiger partial charge in [-0.2, -0.15) is 0 Å². The number of hydrogen-bond donors (Lipinski definition) is 0. The topological polar surface area (TPSA) is 20.3 Å². The molecule has 0 unspecified atom stereocenters. The van der Waals surface area contributed by atoms with Crippen molar-refractivity contribution in [3.05, 3.63) is 35.4 Å². The van der Waals surface area contributed by atoms with Crippen molar-refractivity contribution in [2.24, 2.45) is 0 Å². The summed E-state index contributed by atoms with van der Waals surface area (Å²) in [5.41, 5.74) is 1.92. The number of rotatable bonds is 6. The van der Waals surface area contributed by atoms with Crippen molar-refractivity contribution in [2.45, 2.75) is 26.7 Å². The molecule has 0 aliphatic carbocycles. The van der Waals surface area contributed by atoms with Crippen LogP contribution in [0.3, 0.4) is 0 Å². The van der Waals surface area contributed by atoms with Gasteiger partial charge < -0.3 is 0 Å². The Bertz CT molecular complexity index is 346. The van der Waals surface area contributed by atoms with E-state index in [1.54, 1.807) is 0 Å². The number of carbonyl (C=O) groups is 1.